The Bertz CT molecular complexity index is 622. The first-order chi connectivity index (χ1) is 10.7. The van der Waals surface area contributed by atoms with Gasteiger partial charge in [-0.2, -0.15) is 0 Å². The number of furan rings is 1. The van der Waals surface area contributed by atoms with Gasteiger partial charge in [0.05, 0.1) is 12.3 Å². The Morgan fingerprint density at radius 1 is 1.32 bits per heavy atom. The van der Waals surface area contributed by atoms with Crippen LogP contribution >= 0.6 is 0 Å². The average Bonchev–Trinajstić information content (AvgIpc) is 3.15. The van der Waals surface area contributed by atoms with Crippen LogP contribution in [0.25, 0.3) is 0 Å². The van der Waals surface area contributed by atoms with Gasteiger partial charge in [0.2, 0.25) is 0 Å². The lowest BCUT2D eigenvalue weighted by molar-refractivity contribution is 0.233. The molecule has 4 nitrogen and oxygen atoms in total. The molecule has 1 aliphatic rings. The number of amides is 2. The van der Waals surface area contributed by atoms with Gasteiger partial charge in [-0.15, -0.1) is 0 Å². The minimum atomic E-state index is -0.0892. The first kappa shape index (κ1) is 14.7. The zero-order chi connectivity index (χ0) is 15.4. The number of fused-ring (bicyclic) bond motifs is 1. The third-order valence-electron chi connectivity index (χ3n) is 4.22. The smallest absolute Gasteiger partial charge is 0.315 e. The van der Waals surface area contributed by atoms with Crippen molar-refractivity contribution in [1.82, 2.24) is 10.6 Å². The summed E-state index contributed by atoms with van der Waals surface area (Å²) in [6.07, 6.45) is 5.39. The zero-order valence-electron chi connectivity index (χ0n) is 12.8. The van der Waals surface area contributed by atoms with E-state index < -0.39 is 0 Å². The van der Waals surface area contributed by atoms with E-state index in [1.165, 1.54) is 11.1 Å². The van der Waals surface area contributed by atoms with Crippen LogP contribution < -0.4 is 10.6 Å². The monoisotopic (exact) mass is 298 g/mol. The highest BCUT2D eigenvalue weighted by atomic mass is 16.3. The molecule has 0 fully saturated rings. The molecule has 1 aromatic carbocycles. The molecule has 3 rings (SSSR count). The van der Waals surface area contributed by atoms with Crippen LogP contribution in [-0.2, 0) is 12.8 Å². The van der Waals surface area contributed by atoms with Crippen LogP contribution in [0.1, 0.15) is 42.7 Å². The van der Waals surface area contributed by atoms with E-state index in [0.717, 1.165) is 31.4 Å². The van der Waals surface area contributed by atoms with E-state index in [0.29, 0.717) is 0 Å². The number of aryl methyl sites for hydroxylation is 2. The maximum atomic E-state index is 12.1. The Hall–Kier alpha value is -2.23. The fourth-order valence-electron chi connectivity index (χ4n) is 3.02. The first-order valence-corrected chi connectivity index (χ1v) is 7.89. The molecular formula is C18H22N2O2. The maximum absolute atomic E-state index is 12.1. The summed E-state index contributed by atoms with van der Waals surface area (Å²) < 4.78 is 5.31. The van der Waals surface area contributed by atoms with Gasteiger partial charge in [-0.25, -0.2) is 4.79 Å². The standard InChI is InChI=1S/C18H22N2O2/c1-13(8-10-15-6-4-12-22-15)19-18(21)20-17-11-9-14-5-2-3-7-16(14)17/h2-7,12-13,17H,8-11H2,1H3,(H2,19,20,21)/t13-,17-/m1/s1. The van der Waals surface area contributed by atoms with E-state index in [2.05, 4.69) is 28.8 Å². The van der Waals surface area contributed by atoms with Crippen molar-refractivity contribution in [3.8, 4) is 0 Å². The van der Waals surface area contributed by atoms with E-state index in [4.69, 9.17) is 4.42 Å². The molecule has 0 unspecified atom stereocenters. The van der Waals surface area contributed by atoms with Crippen LogP contribution in [-0.4, -0.2) is 12.1 Å². The predicted octanol–water partition coefficient (Wildman–Crippen LogP) is 3.59. The molecule has 2 atom stereocenters. The fourth-order valence-corrected chi connectivity index (χ4v) is 3.02. The van der Waals surface area contributed by atoms with Gasteiger partial charge < -0.3 is 15.1 Å². The van der Waals surface area contributed by atoms with E-state index in [1.54, 1.807) is 6.26 Å². The summed E-state index contributed by atoms with van der Waals surface area (Å²) in [5.74, 6) is 0.957. The number of benzene rings is 1. The predicted molar refractivity (Wildman–Crippen MR) is 85.7 cm³/mol. The van der Waals surface area contributed by atoms with Gasteiger partial charge in [0.25, 0.3) is 0 Å². The average molecular weight is 298 g/mol. The second kappa shape index (κ2) is 6.69. The third kappa shape index (κ3) is 3.50. The van der Waals surface area contributed by atoms with Gasteiger partial charge in [-0.05, 0) is 49.4 Å². The SMILES string of the molecule is C[C@H](CCc1ccco1)NC(=O)N[C@@H]1CCc2ccccc21. The molecule has 1 aliphatic carbocycles. The van der Waals surface area contributed by atoms with E-state index in [-0.39, 0.29) is 18.1 Å². The number of hydrogen-bond acceptors (Lipinski definition) is 2. The summed E-state index contributed by atoms with van der Waals surface area (Å²) in [4.78, 5) is 12.1. The summed E-state index contributed by atoms with van der Waals surface area (Å²) >= 11 is 0. The lowest BCUT2D eigenvalue weighted by Crippen LogP contribution is -2.42. The fraction of sp³-hybridized carbons (Fsp3) is 0.389. The summed E-state index contributed by atoms with van der Waals surface area (Å²) in [7, 11) is 0. The van der Waals surface area contributed by atoms with Crippen LogP contribution in [0.3, 0.4) is 0 Å². The molecule has 2 amide bonds. The van der Waals surface area contributed by atoms with Gasteiger partial charge in [-0.1, -0.05) is 24.3 Å². The van der Waals surface area contributed by atoms with Crippen LogP contribution in [0.15, 0.2) is 47.1 Å². The van der Waals surface area contributed by atoms with Crippen molar-refractivity contribution >= 4 is 6.03 Å². The minimum Gasteiger partial charge on any atom is -0.469 e. The molecule has 0 spiro atoms. The Morgan fingerprint density at radius 3 is 3.00 bits per heavy atom. The topological polar surface area (TPSA) is 54.3 Å². The highest BCUT2D eigenvalue weighted by Gasteiger charge is 2.23. The Labute approximate surface area is 130 Å². The van der Waals surface area contributed by atoms with Gasteiger partial charge in [0.15, 0.2) is 0 Å². The van der Waals surface area contributed by atoms with Crippen LogP contribution in [0, 0.1) is 0 Å². The lowest BCUT2D eigenvalue weighted by Gasteiger charge is -2.18. The summed E-state index contributed by atoms with van der Waals surface area (Å²) in [6, 6.07) is 12.3. The number of hydrogen-bond donors (Lipinski definition) is 2. The van der Waals surface area contributed by atoms with Crippen molar-refractivity contribution in [3.63, 3.8) is 0 Å². The molecule has 0 radical (unpaired) electrons. The Balaban J connectivity index is 1.46. The maximum Gasteiger partial charge on any atom is 0.315 e. The van der Waals surface area contributed by atoms with E-state index in [1.807, 2.05) is 25.1 Å². The molecule has 4 heteroatoms. The highest BCUT2D eigenvalue weighted by Crippen LogP contribution is 2.30. The first-order valence-electron chi connectivity index (χ1n) is 7.89. The zero-order valence-corrected chi connectivity index (χ0v) is 12.8. The van der Waals surface area contributed by atoms with Crippen LogP contribution in [0.2, 0.25) is 0 Å². The quantitative estimate of drug-likeness (QED) is 0.886. The highest BCUT2D eigenvalue weighted by molar-refractivity contribution is 5.75. The van der Waals surface area contributed by atoms with E-state index >= 15 is 0 Å². The second-order valence-corrected chi connectivity index (χ2v) is 5.93. The molecule has 1 heterocycles. The minimum absolute atomic E-state index is 0.0892. The summed E-state index contributed by atoms with van der Waals surface area (Å²) in [5.41, 5.74) is 2.60. The molecule has 0 saturated heterocycles. The number of carbonyl (C=O) groups is 1. The third-order valence-corrected chi connectivity index (χ3v) is 4.22. The lowest BCUT2D eigenvalue weighted by atomic mass is 10.1. The molecule has 116 valence electrons. The summed E-state index contributed by atoms with van der Waals surface area (Å²) in [5, 5.41) is 6.09. The van der Waals surface area contributed by atoms with Crippen LogP contribution in [0.5, 0.6) is 0 Å². The molecule has 0 aliphatic heterocycles. The van der Waals surface area contributed by atoms with Crippen LogP contribution in [0.4, 0.5) is 4.79 Å². The van der Waals surface area contributed by atoms with Gasteiger partial charge in [0.1, 0.15) is 5.76 Å². The molecule has 22 heavy (non-hydrogen) atoms. The molecule has 2 aromatic rings. The number of nitrogens with one attached hydrogen (secondary N) is 2. The van der Waals surface area contributed by atoms with Gasteiger partial charge in [0, 0.05) is 12.5 Å². The van der Waals surface area contributed by atoms with Crippen molar-refractivity contribution in [1.29, 1.82) is 0 Å². The largest absolute Gasteiger partial charge is 0.469 e. The van der Waals surface area contributed by atoms with Crippen molar-refractivity contribution in [3.05, 3.63) is 59.5 Å². The number of urea groups is 1. The molecular weight excluding hydrogens is 276 g/mol. The Morgan fingerprint density at radius 2 is 2.18 bits per heavy atom. The van der Waals surface area contributed by atoms with Gasteiger partial charge >= 0.3 is 6.03 Å². The van der Waals surface area contributed by atoms with Crippen molar-refractivity contribution in [2.45, 2.75) is 44.7 Å². The molecule has 0 saturated carbocycles. The normalized spacial score (nSPS) is 17.8. The Kier molecular flexibility index (Phi) is 4.47. The van der Waals surface area contributed by atoms with Crippen molar-refractivity contribution in [2.75, 3.05) is 0 Å². The number of rotatable bonds is 5. The molecule has 0 bridgehead atoms. The van der Waals surface area contributed by atoms with Crippen molar-refractivity contribution < 1.29 is 9.21 Å². The van der Waals surface area contributed by atoms with E-state index in [9.17, 15) is 4.79 Å². The number of carbonyl (C=O) groups excluding carboxylic acids is 1. The second-order valence-electron chi connectivity index (χ2n) is 5.93. The molecule has 1 aromatic heterocycles. The molecule has 2 N–H and O–H groups in total. The summed E-state index contributed by atoms with van der Waals surface area (Å²) in [6.45, 7) is 2.02. The van der Waals surface area contributed by atoms with Gasteiger partial charge in [-0.3, -0.25) is 0 Å². The van der Waals surface area contributed by atoms with Crippen molar-refractivity contribution in [2.24, 2.45) is 0 Å².